The van der Waals surface area contributed by atoms with E-state index in [0.29, 0.717) is 0 Å². The van der Waals surface area contributed by atoms with Gasteiger partial charge >= 0.3 is 5.91 Å². The maximum absolute atomic E-state index is 11.2. The van der Waals surface area contributed by atoms with E-state index in [4.69, 9.17) is 0 Å². The van der Waals surface area contributed by atoms with Crippen molar-refractivity contribution in [1.82, 2.24) is 0 Å². The summed E-state index contributed by atoms with van der Waals surface area (Å²) in [6.45, 7) is 8.83. The van der Waals surface area contributed by atoms with Crippen LogP contribution in [0, 0.1) is 5.41 Å². The van der Waals surface area contributed by atoms with Gasteiger partial charge in [0, 0.05) is 0 Å². The van der Waals surface area contributed by atoms with Crippen molar-refractivity contribution in [2.24, 2.45) is 5.41 Å². The third kappa shape index (κ3) is 3.62. The molecule has 0 atom stereocenters. The largest absolute Gasteiger partial charge is 0.315 e. The minimum Gasteiger partial charge on any atom is -0.283 e. The van der Waals surface area contributed by atoms with Crippen molar-refractivity contribution in [2.45, 2.75) is 34.1 Å². The van der Waals surface area contributed by atoms with E-state index in [1.165, 1.54) is 0 Å². The highest BCUT2D eigenvalue weighted by molar-refractivity contribution is 5.71. The summed E-state index contributed by atoms with van der Waals surface area (Å²) in [7, 11) is 0. The van der Waals surface area contributed by atoms with E-state index >= 15 is 0 Å². The molecule has 0 heterocycles. The average molecular weight is 144 g/mol. The fourth-order valence-corrected chi connectivity index (χ4v) is 0.582. The number of nitrogens with two attached hydrogens (primary N) is 1. The Labute approximate surface area is 63.0 Å². The Hall–Kier alpha value is -0.370. The Bertz CT molecular complexity index is 113. The van der Waals surface area contributed by atoms with Gasteiger partial charge < -0.3 is 0 Å². The van der Waals surface area contributed by atoms with Crippen molar-refractivity contribution in [3.63, 3.8) is 0 Å². The first-order chi connectivity index (χ1) is 4.48. The Morgan fingerprint density at radius 2 is 1.90 bits per heavy atom. The normalized spacial score (nSPS) is 11.6. The van der Waals surface area contributed by atoms with Crippen molar-refractivity contribution in [2.75, 3.05) is 6.54 Å². The first kappa shape index (κ1) is 9.63. The van der Waals surface area contributed by atoms with Crippen molar-refractivity contribution < 1.29 is 10.1 Å². The molecular weight excluding hydrogens is 126 g/mol. The van der Waals surface area contributed by atoms with Crippen LogP contribution in [-0.2, 0) is 4.79 Å². The molecule has 0 aromatic heterocycles. The molecule has 1 amide bonds. The number of hydrogen-bond acceptors (Lipinski definition) is 1. The second-order valence-corrected chi connectivity index (χ2v) is 3.61. The maximum Gasteiger partial charge on any atom is 0.315 e. The van der Waals surface area contributed by atoms with Gasteiger partial charge in [0.15, 0.2) is 0 Å². The molecule has 0 aromatic carbocycles. The van der Waals surface area contributed by atoms with Crippen LogP contribution in [0.5, 0.6) is 0 Å². The van der Waals surface area contributed by atoms with Gasteiger partial charge in [-0.3, -0.25) is 5.32 Å². The summed E-state index contributed by atoms with van der Waals surface area (Å²) in [5.74, 6) is 0.259. The first-order valence-corrected chi connectivity index (χ1v) is 3.86. The van der Waals surface area contributed by atoms with E-state index in [-0.39, 0.29) is 11.3 Å². The molecule has 0 aliphatic rings. The highest BCUT2D eigenvalue weighted by Crippen LogP contribution is 2.09. The van der Waals surface area contributed by atoms with Crippen LogP contribution in [0.4, 0.5) is 0 Å². The van der Waals surface area contributed by atoms with E-state index in [2.05, 4.69) is 6.92 Å². The van der Waals surface area contributed by atoms with E-state index in [1.807, 2.05) is 20.8 Å². The van der Waals surface area contributed by atoms with Crippen LogP contribution < -0.4 is 5.32 Å². The SMILES string of the molecule is CCC[NH2+]C(=O)C(C)(C)C. The van der Waals surface area contributed by atoms with Crippen LogP contribution in [0.3, 0.4) is 0 Å². The van der Waals surface area contributed by atoms with E-state index in [9.17, 15) is 4.79 Å². The highest BCUT2D eigenvalue weighted by atomic mass is 16.2. The van der Waals surface area contributed by atoms with Gasteiger partial charge in [-0.2, -0.15) is 0 Å². The molecule has 0 aliphatic carbocycles. The number of carbonyl (C=O) groups excluding carboxylic acids is 1. The molecule has 0 unspecified atom stereocenters. The number of carbonyl (C=O) groups is 1. The topological polar surface area (TPSA) is 33.7 Å². The lowest BCUT2D eigenvalue weighted by atomic mass is 9.96. The van der Waals surface area contributed by atoms with Gasteiger partial charge in [0.05, 0.1) is 12.0 Å². The zero-order valence-electron chi connectivity index (χ0n) is 7.40. The molecule has 0 spiro atoms. The van der Waals surface area contributed by atoms with Crippen LogP contribution in [0.1, 0.15) is 34.1 Å². The van der Waals surface area contributed by atoms with Gasteiger partial charge in [0.1, 0.15) is 0 Å². The molecule has 0 rings (SSSR count). The van der Waals surface area contributed by atoms with Crippen molar-refractivity contribution in [3.05, 3.63) is 0 Å². The average Bonchev–Trinajstić information content (AvgIpc) is 1.80. The van der Waals surface area contributed by atoms with Crippen LogP contribution in [0.2, 0.25) is 0 Å². The third-order valence-electron chi connectivity index (χ3n) is 1.36. The molecule has 0 fully saturated rings. The zero-order chi connectivity index (χ0) is 8.20. The Morgan fingerprint density at radius 1 is 1.40 bits per heavy atom. The zero-order valence-corrected chi connectivity index (χ0v) is 7.40. The van der Waals surface area contributed by atoms with Gasteiger partial charge in [-0.1, -0.05) is 6.92 Å². The molecule has 10 heavy (non-hydrogen) atoms. The number of rotatable bonds is 2. The predicted molar refractivity (Wildman–Crippen MR) is 41.5 cm³/mol. The Balaban J connectivity index is 3.64. The van der Waals surface area contributed by atoms with Crippen molar-refractivity contribution in [1.29, 1.82) is 0 Å². The predicted octanol–water partition coefficient (Wildman–Crippen LogP) is 0.532. The maximum atomic E-state index is 11.2. The fraction of sp³-hybridized carbons (Fsp3) is 0.875. The molecule has 2 N–H and O–H groups in total. The fourth-order valence-electron chi connectivity index (χ4n) is 0.582. The molecule has 0 radical (unpaired) electrons. The van der Waals surface area contributed by atoms with Crippen LogP contribution >= 0.6 is 0 Å². The highest BCUT2D eigenvalue weighted by Gasteiger charge is 2.24. The molecule has 2 heteroatoms. The number of amides is 1. The summed E-state index contributed by atoms with van der Waals surface area (Å²) >= 11 is 0. The summed E-state index contributed by atoms with van der Waals surface area (Å²) < 4.78 is 0. The second kappa shape index (κ2) is 3.71. The molecule has 0 saturated carbocycles. The molecule has 0 saturated heterocycles. The monoisotopic (exact) mass is 144 g/mol. The molecule has 2 nitrogen and oxygen atoms in total. The lowest BCUT2D eigenvalue weighted by Gasteiger charge is -2.12. The minimum atomic E-state index is -0.185. The Kier molecular flexibility index (Phi) is 3.58. The van der Waals surface area contributed by atoms with E-state index < -0.39 is 0 Å². The lowest BCUT2D eigenvalue weighted by Crippen LogP contribution is -2.90. The summed E-state index contributed by atoms with van der Waals surface area (Å²) in [5, 5.41) is 1.79. The number of quaternary nitrogens is 1. The standard InChI is InChI=1S/C8H17NO/c1-5-6-9-7(10)8(2,3)4/h5-6H2,1-4H3,(H,9,10)/p+1. The summed E-state index contributed by atoms with van der Waals surface area (Å²) in [6, 6.07) is 0. The summed E-state index contributed by atoms with van der Waals surface area (Å²) in [6.07, 6.45) is 1.06. The third-order valence-corrected chi connectivity index (χ3v) is 1.36. The lowest BCUT2D eigenvalue weighted by molar-refractivity contribution is -0.574. The number of primary amides is 1. The van der Waals surface area contributed by atoms with E-state index in [0.717, 1.165) is 13.0 Å². The van der Waals surface area contributed by atoms with Gasteiger partial charge in [-0.05, 0) is 27.2 Å². The minimum absolute atomic E-state index is 0.185. The van der Waals surface area contributed by atoms with Crippen LogP contribution in [-0.4, -0.2) is 12.5 Å². The summed E-state index contributed by atoms with van der Waals surface area (Å²) in [4.78, 5) is 11.2. The molecular formula is C8H18NO+. The molecule has 0 aromatic rings. The first-order valence-electron chi connectivity index (χ1n) is 3.86. The number of hydrogen-bond donors (Lipinski definition) is 1. The van der Waals surface area contributed by atoms with Gasteiger partial charge in [0.25, 0.3) is 0 Å². The Morgan fingerprint density at radius 3 is 2.20 bits per heavy atom. The van der Waals surface area contributed by atoms with Gasteiger partial charge in [-0.25, -0.2) is 4.79 Å². The molecule has 0 aliphatic heterocycles. The second-order valence-electron chi connectivity index (χ2n) is 3.61. The molecule has 0 bridgehead atoms. The summed E-state index contributed by atoms with van der Waals surface area (Å²) in [5.41, 5.74) is -0.185. The smallest absolute Gasteiger partial charge is 0.283 e. The van der Waals surface area contributed by atoms with Gasteiger partial charge in [0.2, 0.25) is 0 Å². The molecule has 60 valence electrons. The quantitative estimate of drug-likeness (QED) is 0.602. The van der Waals surface area contributed by atoms with E-state index in [1.54, 1.807) is 5.32 Å². The van der Waals surface area contributed by atoms with Gasteiger partial charge in [-0.15, -0.1) is 0 Å². The van der Waals surface area contributed by atoms with Crippen molar-refractivity contribution >= 4 is 5.91 Å². The van der Waals surface area contributed by atoms with Crippen molar-refractivity contribution in [3.8, 4) is 0 Å². The van der Waals surface area contributed by atoms with Crippen LogP contribution in [0.15, 0.2) is 0 Å². The van der Waals surface area contributed by atoms with Crippen LogP contribution in [0.25, 0.3) is 0 Å².